The minimum atomic E-state index is -0.328. The van der Waals surface area contributed by atoms with Gasteiger partial charge in [0.25, 0.3) is 0 Å². The van der Waals surface area contributed by atoms with E-state index in [4.69, 9.17) is 33.7 Å². The molecule has 0 saturated carbocycles. The molecule has 0 aliphatic carbocycles. The molecule has 0 saturated heterocycles. The summed E-state index contributed by atoms with van der Waals surface area (Å²) in [5, 5.41) is 1.08. The van der Waals surface area contributed by atoms with Crippen molar-refractivity contribution in [3.05, 3.63) is 63.6 Å². The van der Waals surface area contributed by atoms with E-state index in [2.05, 4.69) is 0 Å². The highest BCUT2D eigenvalue weighted by Gasteiger charge is 2.07. The van der Waals surface area contributed by atoms with Crippen LogP contribution in [0.25, 0.3) is 0 Å². The lowest BCUT2D eigenvalue weighted by atomic mass is 10.1. The van der Waals surface area contributed by atoms with Gasteiger partial charge in [0.1, 0.15) is 6.61 Å². The Morgan fingerprint density at radius 3 is 2.50 bits per heavy atom. The third kappa shape index (κ3) is 4.15. The van der Waals surface area contributed by atoms with Crippen LogP contribution in [0.1, 0.15) is 11.1 Å². The maximum atomic E-state index is 11.7. The number of rotatable bonds is 4. The zero-order valence-corrected chi connectivity index (χ0v) is 12.1. The van der Waals surface area contributed by atoms with Gasteiger partial charge in [0.2, 0.25) is 0 Å². The Hall–Kier alpha value is -1.71. The number of halogens is 2. The van der Waals surface area contributed by atoms with E-state index >= 15 is 0 Å². The average molecular weight is 310 g/mol. The van der Waals surface area contributed by atoms with Crippen LogP contribution in [0.15, 0.2) is 42.5 Å². The Balaban J connectivity index is 1.92. The summed E-state index contributed by atoms with van der Waals surface area (Å²) < 4.78 is 5.18. The van der Waals surface area contributed by atoms with Gasteiger partial charge >= 0.3 is 5.97 Å². The van der Waals surface area contributed by atoms with E-state index < -0.39 is 0 Å². The summed E-state index contributed by atoms with van der Waals surface area (Å²) >= 11 is 11.9. The van der Waals surface area contributed by atoms with Crippen molar-refractivity contribution in [2.75, 3.05) is 5.73 Å². The lowest BCUT2D eigenvalue weighted by Gasteiger charge is -2.07. The van der Waals surface area contributed by atoms with Crippen molar-refractivity contribution in [3.63, 3.8) is 0 Å². The fourth-order valence-electron chi connectivity index (χ4n) is 1.67. The lowest BCUT2D eigenvalue weighted by molar-refractivity contribution is -0.144. The molecular formula is C15H13Cl2NO2. The molecule has 0 fully saturated rings. The van der Waals surface area contributed by atoms with E-state index in [0.717, 1.165) is 5.56 Å². The second-order valence-corrected chi connectivity index (χ2v) is 5.16. The summed E-state index contributed by atoms with van der Waals surface area (Å²) in [6.07, 6.45) is 0.193. The highest BCUT2D eigenvalue weighted by molar-refractivity contribution is 6.33. The minimum absolute atomic E-state index is 0.104. The molecule has 2 aromatic carbocycles. The van der Waals surface area contributed by atoms with Gasteiger partial charge in [-0.3, -0.25) is 4.79 Å². The summed E-state index contributed by atoms with van der Waals surface area (Å²) in [7, 11) is 0. The van der Waals surface area contributed by atoms with Gasteiger partial charge < -0.3 is 10.5 Å². The van der Waals surface area contributed by atoms with Crippen LogP contribution >= 0.6 is 23.2 Å². The molecule has 0 heterocycles. The SMILES string of the molecule is Nc1ccc(CC(=O)OCc2cc(Cl)ccc2Cl)cc1. The van der Waals surface area contributed by atoms with Gasteiger partial charge in [0.05, 0.1) is 6.42 Å². The quantitative estimate of drug-likeness (QED) is 0.689. The summed E-state index contributed by atoms with van der Waals surface area (Å²) in [6.45, 7) is 0.104. The average Bonchev–Trinajstić information content (AvgIpc) is 2.42. The number of ether oxygens (including phenoxy) is 1. The summed E-state index contributed by atoms with van der Waals surface area (Å²) in [5.41, 5.74) is 7.77. The second kappa shape index (κ2) is 6.64. The number of nitrogens with two attached hydrogens (primary N) is 1. The van der Waals surface area contributed by atoms with Crippen molar-refractivity contribution in [1.82, 2.24) is 0 Å². The molecule has 0 aromatic heterocycles. The first-order valence-electron chi connectivity index (χ1n) is 5.98. The largest absolute Gasteiger partial charge is 0.460 e. The molecule has 0 amide bonds. The Labute approximate surface area is 127 Å². The number of anilines is 1. The molecule has 0 atom stereocenters. The third-order valence-electron chi connectivity index (χ3n) is 2.72. The Morgan fingerprint density at radius 1 is 1.10 bits per heavy atom. The highest BCUT2D eigenvalue weighted by atomic mass is 35.5. The molecule has 104 valence electrons. The van der Waals surface area contributed by atoms with Crippen LogP contribution in [-0.4, -0.2) is 5.97 Å². The van der Waals surface area contributed by atoms with Crippen molar-refractivity contribution in [2.45, 2.75) is 13.0 Å². The molecule has 0 aliphatic heterocycles. The smallest absolute Gasteiger partial charge is 0.310 e. The Kier molecular flexibility index (Phi) is 4.88. The molecule has 0 spiro atoms. The van der Waals surface area contributed by atoms with Crippen molar-refractivity contribution < 1.29 is 9.53 Å². The highest BCUT2D eigenvalue weighted by Crippen LogP contribution is 2.21. The van der Waals surface area contributed by atoms with Crippen LogP contribution in [0, 0.1) is 0 Å². The summed E-state index contributed by atoms with van der Waals surface area (Å²) in [6, 6.07) is 12.1. The molecule has 5 heteroatoms. The number of hydrogen-bond acceptors (Lipinski definition) is 3. The van der Waals surface area contributed by atoms with Crippen LogP contribution in [-0.2, 0) is 22.6 Å². The number of nitrogen functional groups attached to an aromatic ring is 1. The van der Waals surface area contributed by atoms with Crippen molar-refractivity contribution in [3.8, 4) is 0 Å². The third-order valence-corrected chi connectivity index (χ3v) is 3.33. The van der Waals surface area contributed by atoms with Crippen LogP contribution in [0.5, 0.6) is 0 Å². The van der Waals surface area contributed by atoms with Gasteiger partial charge in [-0.25, -0.2) is 0 Å². The summed E-state index contributed by atoms with van der Waals surface area (Å²) in [5.74, 6) is -0.328. The maximum Gasteiger partial charge on any atom is 0.310 e. The van der Waals surface area contributed by atoms with Gasteiger partial charge in [0, 0.05) is 21.3 Å². The van der Waals surface area contributed by atoms with Crippen molar-refractivity contribution in [1.29, 1.82) is 0 Å². The molecule has 3 nitrogen and oxygen atoms in total. The first kappa shape index (κ1) is 14.7. The standard InChI is InChI=1S/C15H13Cl2NO2/c16-12-3-6-14(17)11(8-12)9-20-15(19)7-10-1-4-13(18)5-2-10/h1-6,8H,7,9,18H2. The van der Waals surface area contributed by atoms with Gasteiger partial charge in [-0.2, -0.15) is 0 Å². The second-order valence-electron chi connectivity index (χ2n) is 4.31. The first-order chi connectivity index (χ1) is 9.54. The fraction of sp³-hybridized carbons (Fsp3) is 0.133. The molecule has 0 bridgehead atoms. The molecular weight excluding hydrogens is 297 g/mol. The Morgan fingerprint density at radius 2 is 1.80 bits per heavy atom. The number of benzene rings is 2. The monoisotopic (exact) mass is 309 g/mol. The minimum Gasteiger partial charge on any atom is -0.460 e. The molecule has 2 rings (SSSR count). The number of hydrogen-bond donors (Lipinski definition) is 1. The molecule has 0 radical (unpaired) electrons. The molecule has 0 unspecified atom stereocenters. The zero-order chi connectivity index (χ0) is 14.5. The van der Waals surface area contributed by atoms with E-state index in [0.29, 0.717) is 21.3 Å². The molecule has 20 heavy (non-hydrogen) atoms. The van der Waals surface area contributed by atoms with Gasteiger partial charge in [0.15, 0.2) is 0 Å². The van der Waals surface area contributed by atoms with Crippen LogP contribution in [0.2, 0.25) is 10.0 Å². The number of carbonyl (C=O) groups excluding carboxylic acids is 1. The van der Waals surface area contributed by atoms with E-state index in [-0.39, 0.29) is 19.0 Å². The number of carbonyl (C=O) groups is 1. The van der Waals surface area contributed by atoms with E-state index in [1.165, 1.54) is 0 Å². The first-order valence-corrected chi connectivity index (χ1v) is 6.74. The zero-order valence-electron chi connectivity index (χ0n) is 10.6. The van der Waals surface area contributed by atoms with Gasteiger partial charge in [-0.15, -0.1) is 0 Å². The lowest BCUT2D eigenvalue weighted by Crippen LogP contribution is -2.08. The predicted octanol–water partition coefficient (Wildman–Crippen LogP) is 3.86. The predicted molar refractivity (Wildman–Crippen MR) is 80.8 cm³/mol. The van der Waals surface area contributed by atoms with Crippen LogP contribution in [0.3, 0.4) is 0 Å². The molecule has 0 aliphatic rings. The molecule has 2 N–H and O–H groups in total. The van der Waals surface area contributed by atoms with Gasteiger partial charge in [-0.05, 0) is 35.9 Å². The maximum absolute atomic E-state index is 11.7. The number of esters is 1. The molecule has 2 aromatic rings. The topological polar surface area (TPSA) is 52.3 Å². The van der Waals surface area contributed by atoms with E-state index in [9.17, 15) is 4.79 Å². The van der Waals surface area contributed by atoms with E-state index in [1.54, 1.807) is 42.5 Å². The van der Waals surface area contributed by atoms with Crippen molar-refractivity contribution >= 4 is 34.9 Å². The van der Waals surface area contributed by atoms with Crippen molar-refractivity contribution in [2.24, 2.45) is 0 Å². The van der Waals surface area contributed by atoms with Gasteiger partial charge in [-0.1, -0.05) is 35.3 Å². The summed E-state index contributed by atoms with van der Waals surface area (Å²) in [4.78, 5) is 11.7. The Bertz CT molecular complexity index is 612. The fourth-order valence-corrected chi connectivity index (χ4v) is 2.03. The van der Waals surface area contributed by atoms with Crippen LogP contribution < -0.4 is 5.73 Å². The van der Waals surface area contributed by atoms with Crippen LogP contribution in [0.4, 0.5) is 5.69 Å². The van der Waals surface area contributed by atoms with E-state index in [1.807, 2.05) is 0 Å². The normalized spacial score (nSPS) is 10.3.